The Morgan fingerprint density at radius 1 is 1.56 bits per heavy atom. The summed E-state index contributed by atoms with van der Waals surface area (Å²) < 4.78 is 5.54. The molecule has 1 aromatic rings. The molecule has 16 heavy (non-hydrogen) atoms. The average Bonchev–Trinajstić information content (AvgIpc) is 2.33. The molecular formula is C12H16ClNO2. The van der Waals surface area contributed by atoms with E-state index in [1.807, 2.05) is 6.07 Å². The fourth-order valence-corrected chi connectivity index (χ4v) is 2.19. The van der Waals surface area contributed by atoms with Gasteiger partial charge in [0.2, 0.25) is 0 Å². The lowest BCUT2D eigenvalue weighted by Crippen LogP contribution is -2.33. The number of aromatic nitrogens is 1. The fourth-order valence-electron chi connectivity index (χ4n) is 2.00. The van der Waals surface area contributed by atoms with E-state index in [-0.39, 0.29) is 6.10 Å². The Labute approximate surface area is 100 Å². The zero-order valence-electron chi connectivity index (χ0n) is 9.10. The van der Waals surface area contributed by atoms with Crippen LogP contribution in [-0.2, 0) is 11.2 Å². The topological polar surface area (TPSA) is 42.4 Å². The number of hydrogen-bond donors (Lipinski definition) is 1. The van der Waals surface area contributed by atoms with Crippen LogP contribution in [0.2, 0.25) is 5.02 Å². The molecule has 1 aromatic heterocycles. The molecule has 3 nitrogen and oxygen atoms in total. The molecule has 0 radical (unpaired) electrons. The SMILES string of the molecule is OC(Cc1ccncc1Cl)C1CCCCO1. The van der Waals surface area contributed by atoms with Crippen molar-refractivity contribution >= 4 is 11.6 Å². The van der Waals surface area contributed by atoms with Gasteiger partial charge in [-0.05, 0) is 30.9 Å². The molecule has 0 aliphatic carbocycles. The molecule has 2 atom stereocenters. The number of rotatable bonds is 3. The molecule has 88 valence electrons. The van der Waals surface area contributed by atoms with Crippen LogP contribution < -0.4 is 0 Å². The smallest absolute Gasteiger partial charge is 0.0842 e. The van der Waals surface area contributed by atoms with E-state index in [9.17, 15) is 5.11 Å². The summed E-state index contributed by atoms with van der Waals surface area (Å²) in [7, 11) is 0. The summed E-state index contributed by atoms with van der Waals surface area (Å²) in [6, 6.07) is 1.84. The summed E-state index contributed by atoms with van der Waals surface area (Å²) >= 11 is 5.99. The Balaban J connectivity index is 1.96. The largest absolute Gasteiger partial charge is 0.390 e. The first-order chi connectivity index (χ1) is 7.77. The highest BCUT2D eigenvalue weighted by Crippen LogP contribution is 2.21. The van der Waals surface area contributed by atoms with Crippen LogP contribution in [-0.4, -0.2) is 28.9 Å². The van der Waals surface area contributed by atoms with Crippen LogP contribution in [0, 0.1) is 0 Å². The Bertz CT molecular complexity index is 340. The van der Waals surface area contributed by atoms with Crippen LogP contribution in [0.25, 0.3) is 0 Å². The van der Waals surface area contributed by atoms with Crippen molar-refractivity contribution in [2.24, 2.45) is 0 Å². The van der Waals surface area contributed by atoms with Gasteiger partial charge in [-0.25, -0.2) is 0 Å². The first-order valence-corrected chi connectivity index (χ1v) is 6.03. The first kappa shape index (κ1) is 11.8. The molecule has 1 fully saturated rings. The van der Waals surface area contributed by atoms with E-state index in [1.54, 1.807) is 12.4 Å². The highest BCUT2D eigenvalue weighted by Gasteiger charge is 2.23. The van der Waals surface area contributed by atoms with E-state index in [0.29, 0.717) is 11.4 Å². The number of halogens is 1. The third-order valence-electron chi connectivity index (χ3n) is 2.93. The Morgan fingerprint density at radius 3 is 3.12 bits per heavy atom. The maximum Gasteiger partial charge on any atom is 0.0842 e. The van der Waals surface area contributed by atoms with Crippen LogP contribution >= 0.6 is 11.6 Å². The van der Waals surface area contributed by atoms with Crippen molar-refractivity contribution in [3.63, 3.8) is 0 Å². The summed E-state index contributed by atoms with van der Waals surface area (Å²) in [5.41, 5.74) is 0.929. The Hall–Kier alpha value is -0.640. The molecule has 0 amide bonds. The second kappa shape index (κ2) is 5.62. The summed E-state index contributed by atoms with van der Waals surface area (Å²) in [6.07, 6.45) is 6.47. The number of aliphatic hydroxyl groups is 1. The van der Waals surface area contributed by atoms with Crippen LogP contribution in [0.1, 0.15) is 24.8 Å². The Morgan fingerprint density at radius 2 is 2.44 bits per heavy atom. The minimum atomic E-state index is -0.472. The summed E-state index contributed by atoms with van der Waals surface area (Å²) in [5, 5.41) is 10.7. The first-order valence-electron chi connectivity index (χ1n) is 5.65. The molecule has 0 saturated carbocycles. The van der Waals surface area contributed by atoms with Crippen LogP contribution in [0.5, 0.6) is 0 Å². The van der Waals surface area contributed by atoms with Gasteiger partial charge < -0.3 is 9.84 Å². The summed E-state index contributed by atoms with van der Waals surface area (Å²) in [4.78, 5) is 3.92. The van der Waals surface area contributed by atoms with Crippen molar-refractivity contribution in [2.75, 3.05) is 6.61 Å². The second-order valence-electron chi connectivity index (χ2n) is 4.14. The van der Waals surface area contributed by atoms with Crippen LogP contribution in [0.15, 0.2) is 18.5 Å². The maximum absolute atomic E-state index is 10.0. The minimum absolute atomic E-state index is 0.0435. The van der Waals surface area contributed by atoms with Gasteiger partial charge in [-0.3, -0.25) is 4.98 Å². The van der Waals surface area contributed by atoms with Gasteiger partial charge in [0.15, 0.2) is 0 Å². The van der Waals surface area contributed by atoms with Gasteiger partial charge in [-0.2, -0.15) is 0 Å². The monoisotopic (exact) mass is 241 g/mol. The van der Waals surface area contributed by atoms with Crippen LogP contribution in [0.3, 0.4) is 0 Å². The van der Waals surface area contributed by atoms with E-state index in [0.717, 1.165) is 31.4 Å². The lowest BCUT2D eigenvalue weighted by molar-refractivity contribution is -0.0611. The van der Waals surface area contributed by atoms with Gasteiger partial charge >= 0.3 is 0 Å². The molecule has 1 saturated heterocycles. The molecule has 1 aliphatic heterocycles. The lowest BCUT2D eigenvalue weighted by Gasteiger charge is -2.27. The number of aliphatic hydroxyl groups excluding tert-OH is 1. The van der Waals surface area contributed by atoms with E-state index in [1.165, 1.54) is 0 Å². The van der Waals surface area contributed by atoms with Gasteiger partial charge in [0.1, 0.15) is 0 Å². The molecule has 1 aliphatic rings. The van der Waals surface area contributed by atoms with Gasteiger partial charge in [-0.1, -0.05) is 11.6 Å². The molecule has 1 N–H and O–H groups in total. The predicted octanol–water partition coefficient (Wildman–Crippen LogP) is 2.21. The molecule has 4 heteroatoms. The summed E-state index contributed by atoms with van der Waals surface area (Å²) in [6.45, 7) is 0.756. The molecular weight excluding hydrogens is 226 g/mol. The van der Waals surface area contributed by atoms with Gasteiger partial charge in [0, 0.05) is 25.4 Å². The number of ether oxygens (including phenoxy) is 1. The number of hydrogen-bond acceptors (Lipinski definition) is 3. The van der Waals surface area contributed by atoms with E-state index >= 15 is 0 Å². The third kappa shape index (κ3) is 2.94. The maximum atomic E-state index is 10.0. The molecule has 0 spiro atoms. The summed E-state index contributed by atoms with van der Waals surface area (Å²) in [5.74, 6) is 0. The number of pyridine rings is 1. The van der Waals surface area contributed by atoms with Crippen molar-refractivity contribution in [1.82, 2.24) is 4.98 Å². The van der Waals surface area contributed by atoms with Gasteiger partial charge in [-0.15, -0.1) is 0 Å². The van der Waals surface area contributed by atoms with Crippen LogP contribution in [0.4, 0.5) is 0 Å². The molecule has 2 heterocycles. The molecule has 0 aromatic carbocycles. The number of nitrogens with zero attached hydrogens (tertiary/aromatic N) is 1. The quantitative estimate of drug-likeness (QED) is 0.882. The average molecular weight is 242 g/mol. The zero-order valence-corrected chi connectivity index (χ0v) is 9.86. The standard InChI is InChI=1S/C12H16ClNO2/c13-10-8-14-5-4-9(10)7-11(15)12-3-1-2-6-16-12/h4-5,8,11-12,15H,1-3,6-7H2. The van der Waals surface area contributed by atoms with Crippen molar-refractivity contribution < 1.29 is 9.84 Å². The highest BCUT2D eigenvalue weighted by molar-refractivity contribution is 6.31. The van der Waals surface area contributed by atoms with E-state index in [4.69, 9.17) is 16.3 Å². The fraction of sp³-hybridized carbons (Fsp3) is 0.583. The van der Waals surface area contributed by atoms with Gasteiger partial charge in [0.05, 0.1) is 17.2 Å². The van der Waals surface area contributed by atoms with E-state index in [2.05, 4.69) is 4.98 Å². The molecule has 2 unspecified atom stereocenters. The third-order valence-corrected chi connectivity index (χ3v) is 3.27. The zero-order chi connectivity index (χ0) is 11.4. The minimum Gasteiger partial charge on any atom is -0.390 e. The predicted molar refractivity (Wildman–Crippen MR) is 62.5 cm³/mol. The van der Waals surface area contributed by atoms with Crippen molar-refractivity contribution in [1.29, 1.82) is 0 Å². The van der Waals surface area contributed by atoms with Gasteiger partial charge in [0.25, 0.3) is 0 Å². The normalized spacial score (nSPS) is 23.0. The Kier molecular flexibility index (Phi) is 4.16. The van der Waals surface area contributed by atoms with Crippen molar-refractivity contribution in [3.8, 4) is 0 Å². The molecule has 2 rings (SSSR count). The molecule has 0 bridgehead atoms. The second-order valence-corrected chi connectivity index (χ2v) is 4.55. The van der Waals surface area contributed by atoms with Crippen molar-refractivity contribution in [2.45, 2.75) is 37.9 Å². The lowest BCUT2D eigenvalue weighted by atomic mass is 9.99. The highest BCUT2D eigenvalue weighted by atomic mass is 35.5. The van der Waals surface area contributed by atoms with Crippen molar-refractivity contribution in [3.05, 3.63) is 29.0 Å². The van der Waals surface area contributed by atoms with E-state index < -0.39 is 6.10 Å².